The van der Waals surface area contributed by atoms with Crippen molar-refractivity contribution in [1.82, 2.24) is 10.1 Å². The Morgan fingerprint density at radius 2 is 2.06 bits per heavy atom. The van der Waals surface area contributed by atoms with Gasteiger partial charge in [-0.15, -0.1) is 0 Å². The number of benzene rings is 1. The van der Waals surface area contributed by atoms with Crippen molar-refractivity contribution < 1.29 is 9.63 Å². The number of aromatic nitrogens is 1. The fourth-order valence-corrected chi connectivity index (χ4v) is 1.97. The first kappa shape index (κ1) is 12.4. The van der Waals surface area contributed by atoms with Gasteiger partial charge < -0.3 is 20.3 Å². The number of phenols is 1. The molecule has 0 atom stereocenters. The van der Waals surface area contributed by atoms with Crippen LogP contribution >= 0.6 is 0 Å². The van der Waals surface area contributed by atoms with E-state index in [1.165, 1.54) is 6.20 Å². The van der Waals surface area contributed by atoms with Crippen molar-refractivity contribution in [1.29, 1.82) is 0 Å². The van der Waals surface area contributed by atoms with E-state index in [1.807, 2.05) is 38.1 Å². The van der Waals surface area contributed by atoms with Crippen molar-refractivity contribution in [2.45, 2.75) is 13.5 Å². The molecule has 3 N–H and O–H groups in total. The fourth-order valence-electron chi connectivity index (χ4n) is 1.97. The Bertz CT molecular complexity index is 561. The lowest BCUT2D eigenvalue weighted by Gasteiger charge is -2.14. The molecule has 1 aromatic carbocycles. The normalized spacial score (nSPS) is 11.1. The summed E-state index contributed by atoms with van der Waals surface area (Å²) in [6.07, 6.45) is 1.52. The Kier molecular flexibility index (Phi) is 3.25. The van der Waals surface area contributed by atoms with Gasteiger partial charge in [0.15, 0.2) is 0 Å². The van der Waals surface area contributed by atoms with Gasteiger partial charge in [-0.1, -0.05) is 11.2 Å². The number of aromatic hydroxyl groups is 1. The molecule has 0 spiro atoms. The maximum atomic E-state index is 10.3. The largest absolute Gasteiger partial charge is 0.507 e. The second-order valence-corrected chi connectivity index (χ2v) is 4.66. The van der Waals surface area contributed by atoms with Crippen LogP contribution in [0.5, 0.6) is 5.75 Å². The van der Waals surface area contributed by atoms with Crippen LogP contribution < -0.4 is 5.73 Å². The number of nitrogens with two attached hydrogens (primary N) is 1. The molecule has 96 valence electrons. The highest BCUT2D eigenvalue weighted by molar-refractivity contribution is 5.78. The molecule has 0 aliphatic rings. The Morgan fingerprint density at radius 1 is 1.33 bits per heavy atom. The number of aryl methyl sites for hydroxylation is 1. The third-order valence-electron chi connectivity index (χ3n) is 2.71. The second-order valence-electron chi connectivity index (χ2n) is 4.66. The maximum absolute atomic E-state index is 10.3. The monoisotopic (exact) mass is 247 g/mol. The van der Waals surface area contributed by atoms with Crippen molar-refractivity contribution in [2.24, 2.45) is 0 Å². The quantitative estimate of drug-likeness (QED) is 0.867. The van der Waals surface area contributed by atoms with Crippen molar-refractivity contribution >= 4 is 5.88 Å². The third kappa shape index (κ3) is 2.31. The highest BCUT2D eigenvalue weighted by Gasteiger charge is 2.15. The molecule has 0 aliphatic heterocycles. The molecule has 1 aromatic heterocycles. The molecular formula is C13H17N3O2. The average molecular weight is 247 g/mol. The van der Waals surface area contributed by atoms with Crippen LogP contribution in [0.25, 0.3) is 11.1 Å². The number of hydrogen-bond acceptors (Lipinski definition) is 5. The second kappa shape index (κ2) is 4.70. The number of phenolic OH excluding ortho intramolecular Hbond substituents is 1. The maximum Gasteiger partial charge on any atom is 0.230 e. The zero-order valence-corrected chi connectivity index (χ0v) is 10.8. The molecule has 18 heavy (non-hydrogen) atoms. The highest BCUT2D eigenvalue weighted by Crippen LogP contribution is 2.36. The van der Waals surface area contributed by atoms with Crippen LogP contribution in [0, 0.1) is 6.92 Å². The summed E-state index contributed by atoms with van der Waals surface area (Å²) in [4.78, 5) is 2.00. The summed E-state index contributed by atoms with van der Waals surface area (Å²) in [6, 6.07) is 3.83. The summed E-state index contributed by atoms with van der Waals surface area (Å²) in [6.45, 7) is 2.64. The molecule has 0 radical (unpaired) electrons. The van der Waals surface area contributed by atoms with Gasteiger partial charge in [-0.05, 0) is 32.6 Å². The molecule has 5 nitrogen and oxygen atoms in total. The van der Waals surface area contributed by atoms with Gasteiger partial charge in [-0.3, -0.25) is 0 Å². The molecule has 2 rings (SSSR count). The number of rotatable bonds is 3. The van der Waals surface area contributed by atoms with E-state index in [9.17, 15) is 5.11 Å². The minimum absolute atomic E-state index is 0.215. The molecule has 0 amide bonds. The van der Waals surface area contributed by atoms with Crippen LogP contribution in [0.15, 0.2) is 22.9 Å². The van der Waals surface area contributed by atoms with Crippen molar-refractivity contribution in [3.8, 4) is 16.9 Å². The number of hydrogen-bond donors (Lipinski definition) is 2. The van der Waals surface area contributed by atoms with E-state index >= 15 is 0 Å². The smallest absolute Gasteiger partial charge is 0.230 e. The van der Waals surface area contributed by atoms with Gasteiger partial charge >= 0.3 is 0 Å². The predicted molar refractivity (Wildman–Crippen MR) is 70.1 cm³/mol. The lowest BCUT2D eigenvalue weighted by molar-refractivity contribution is 0.386. The number of nitrogen functional groups attached to an aromatic ring is 1. The van der Waals surface area contributed by atoms with Gasteiger partial charge in [0.1, 0.15) is 5.75 Å². The van der Waals surface area contributed by atoms with Gasteiger partial charge in [-0.25, -0.2) is 0 Å². The van der Waals surface area contributed by atoms with Gasteiger partial charge in [-0.2, -0.15) is 0 Å². The molecule has 2 aromatic rings. The molecule has 1 heterocycles. The van der Waals surface area contributed by atoms with Gasteiger partial charge in [0.2, 0.25) is 5.88 Å². The number of anilines is 1. The molecule has 0 unspecified atom stereocenters. The van der Waals surface area contributed by atoms with Gasteiger partial charge in [0, 0.05) is 17.7 Å². The zero-order valence-electron chi connectivity index (χ0n) is 10.8. The Balaban J connectivity index is 2.55. The van der Waals surface area contributed by atoms with E-state index in [2.05, 4.69) is 5.16 Å². The first-order chi connectivity index (χ1) is 8.49. The lowest BCUT2D eigenvalue weighted by atomic mass is 10.00. The minimum Gasteiger partial charge on any atom is -0.507 e. The van der Waals surface area contributed by atoms with Crippen LogP contribution in [0.3, 0.4) is 0 Å². The summed E-state index contributed by atoms with van der Waals surface area (Å²) in [5.41, 5.74) is 8.88. The third-order valence-corrected chi connectivity index (χ3v) is 2.71. The Labute approximate surface area is 106 Å². The van der Waals surface area contributed by atoms with Gasteiger partial charge in [0.05, 0.1) is 11.8 Å². The van der Waals surface area contributed by atoms with Crippen LogP contribution in [0.1, 0.15) is 11.1 Å². The molecule has 0 bridgehead atoms. The summed E-state index contributed by atoms with van der Waals surface area (Å²) in [5, 5.41) is 13.9. The molecule has 0 fully saturated rings. The Morgan fingerprint density at radius 3 is 2.61 bits per heavy atom. The lowest BCUT2D eigenvalue weighted by Crippen LogP contribution is -2.11. The average Bonchev–Trinajstić information content (AvgIpc) is 2.68. The standard InChI is InChI=1S/C13H17N3O2/c1-8-4-9(7-16(2)3)12(17)10(5-8)11-6-15-18-13(11)14/h4-6,17H,7,14H2,1-3H3. The fraction of sp³-hybridized carbons (Fsp3) is 0.308. The van der Waals surface area contributed by atoms with E-state index in [-0.39, 0.29) is 11.6 Å². The van der Waals surface area contributed by atoms with Crippen LogP contribution in [-0.4, -0.2) is 29.3 Å². The Hall–Kier alpha value is -2.01. The molecule has 0 saturated heterocycles. The van der Waals surface area contributed by atoms with E-state index in [0.717, 1.165) is 11.1 Å². The minimum atomic E-state index is 0.215. The van der Waals surface area contributed by atoms with Crippen LogP contribution in [0.4, 0.5) is 5.88 Å². The molecular weight excluding hydrogens is 230 g/mol. The summed E-state index contributed by atoms with van der Waals surface area (Å²) in [5.74, 6) is 0.441. The summed E-state index contributed by atoms with van der Waals surface area (Å²) in [7, 11) is 3.91. The van der Waals surface area contributed by atoms with E-state index < -0.39 is 0 Å². The van der Waals surface area contributed by atoms with E-state index in [0.29, 0.717) is 17.7 Å². The molecule has 0 aliphatic carbocycles. The van der Waals surface area contributed by atoms with Crippen LogP contribution in [-0.2, 0) is 6.54 Å². The van der Waals surface area contributed by atoms with Gasteiger partial charge in [0.25, 0.3) is 0 Å². The van der Waals surface area contributed by atoms with E-state index in [1.54, 1.807) is 0 Å². The van der Waals surface area contributed by atoms with Crippen LogP contribution in [0.2, 0.25) is 0 Å². The molecule has 5 heteroatoms. The topological polar surface area (TPSA) is 75.5 Å². The SMILES string of the molecule is Cc1cc(CN(C)C)c(O)c(-c2cnoc2N)c1. The first-order valence-corrected chi connectivity index (χ1v) is 5.66. The van der Waals surface area contributed by atoms with E-state index in [4.69, 9.17) is 10.3 Å². The van der Waals surface area contributed by atoms with Crippen molar-refractivity contribution in [3.05, 3.63) is 29.5 Å². The van der Waals surface area contributed by atoms with Crippen molar-refractivity contribution in [3.63, 3.8) is 0 Å². The van der Waals surface area contributed by atoms with Crippen molar-refractivity contribution in [2.75, 3.05) is 19.8 Å². The zero-order chi connectivity index (χ0) is 13.3. The first-order valence-electron chi connectivity index (χ1n) is 5.66. The summed E-state index contributed by atoms with van der Waals surface area (Å²) < 4.78 is 4.84. The highest BCUT2D eigenvalue weighted by atomic mass is 16.5. The molecule has 0 saturated carbocycles. The number of nitrogens with zero attached hydrogens (tertiary/aromatic N) is 2. The predicted octanol–water partition coefficient (Wildman–Crippen LogP) is 2.00. The summed E-state index contributed by atoms with van der Waals surface area (Å²) >= 11 is 0.